The summed E-state index contributed by atoms with van der Waals surface area (Å²) in [5.74, 6) is -3.44. The van der Waals surface area contributed by atoms with Crippen molar-refractivity contribution < 1.29 is 37.0 Å². The number of nitrogens with one attached hydrogen (secondary N) is 1. The highest BCUT2D eigenvalue weighted by Crippen LogP contribution is 2.38. The highest BCUT2D eigenvalue weighted by atomic mass is 19.3. The predicted molar refractivity (Wildman–Crippen MR) is 119 cm³/mol. The summed E-state index contributed by atoms with van der Waals surface area (Å²) >= 11 is 0. The highest BCUT2D eigenvalue weighted by molar-refractivity contribution is 6.08. The van der Waals surface area contributed by atoms with Crippen LogP contribution in [0.25, 0.3) is 11.0 Å². The number of amides is 1. The predicted octanol–water partition coefficient (Wildman–Crippen LogP) is 2.80. The Morgan fingerprint density at radius 2 is 1.97 bits per heavy atom. The molecule has 0 spiro atoms. The van der Waals surface area contributed by atoms with Crippen LogP contribution < -0.4 is 5.32 Å². The molecule has 3 N–H and O–H groups in total. The summed E-state index contributed by atoms with van der Waals surface area (Å²) in [7, 11) is 0. The maximum atomic E-state index is 14.5. The van der Waals surface area contributed by atoms with Gasteiger partial charge >= 0.3 is 0 Å². The zero-order chi connectivity index (χ0) is 26.4. The number of alkyl halides is 3. The van der Waals surface area contributed by atoms with Gasteiger partial charge in [-0.3, -0.25) is 4.79 Å². The minimum absolute atomic E-state index is 0.00324. The molecule has 1 aliphatic carbocycles. The molecule has 1 saturated heterocycles. The van der Waals surface area contributed by atoms with E-state index >= 15 is 0 Å². The van der Waals surface area contributed by atoms with Crippen LogP contribution in [-0.4, -0.2) is 72.1 Å². The number of nitrogens with zero attached hydrogens (tertiary/aromatic N) is 5. The third-order valence-corrected chi connectivity index (χ3v) is 6.94. The van der Waals surface area contributed by atoms with Crippen LogP contribution in [0.2, 0.25) is 0 Å². The molecule has 5 rings (SSSR count). The minimum atomic E-state index is -2.62. The average molecular weight is 526 g/mol. The van der Waals surface area contributed by atoms with Crippen LogP contribution in [-0.2, 0) is 6.73 Å². The number of hydrogen-bond donors (Lipinski definition) is 3. The van der Waals surface area contributed by atoms with Gasteiger partial charge in [-0.2, -0.15) is 5.10 Å². The summed E-state index contributed by atoms with van der Waals surface area (Å²) in [6.45, 7) is -1.10. The summed E-state index contributed by atoms with van der Waals surface area (Å²) < 4.78 is 70.3. The van der Waals surface area contributed by atoms with Crippen molar-refractivity contribution in [2.75, 3.05) is 11.9 Å². The summed E-state index contributed by atoms with van der Waals surface area (Å²) in [5.41, 5.74) is -0.479. The van der Waals surface area contributed by atoms with Gasteiger partial charge in [0.25, 0.3) is 5.91 Å². The SMILES string of the molecule is O=C(c1nn(CO)c2ncnc(N[C@@H]3C[C@@H](C(F)F)C[C@H]3O)c12)N1C[C@@H](F)C[C@@H]1c1cc(F)ccc1F. The number of halogens is 5. The first kappa shape index (κ1) is 25.3. The van der Waals surface area contributed by atoms with Crippen LogP contribution in [0.1, 0.15) is 41.4 Å². The molecular formula is C23H23F5N6O3. The van der Waals surface area contributed by atoms with E-state index in [1.54, 1.807) is 0 Å². The van der Waals surface area contributed by atoms with Gasteiger partial charge in [-0.25, -0.2) is 36.6 Å². The van der Waals surface area contributed by atoms with E-state index < -0.39 is 67.5 Å². The molecule has 37 heavy (non-hydrogen) atoms. The minimum Gasteiger partial charge on any atom is -0.391 e. The molecule has 1 aliphatic heterocycles. The lowest BCUT2D eigenvalue weighted by Gasteiger charge is -2.24. The van der Waals surface area contributed by atoms with Gasteiger partial charge in [0.15, 0.2) is 11.3 Å². The van der Waals surface area contributed by atoms with Gasteiger partial charge in [0.05, 0.1) is 30.1 Å². The molecule has 1 aromatic carbocycles. The smallest absolute Gasteiger partial charge is 0.275 e. The average Bonchev–Trinajstić information content (AvgIpc) is 3.55. The standard InChI is InChI=1S/C23H23F5N6O3/c24-11-1-2-14(26)13(5-11)16-6-12(25)7-33(16)23(37)19-18-21(29-8-30-22(18)34(9-35)32-19)31-15-3-10(20(27)28)4-17(15)36/h1-2,5,8,10,12,15-17,20,35-36H,3-4,6-7,9H2,(H,29,30,31)/t10-,12+,15-,16-,17-/m1/s1. The zero-order valence-corrected chi connectivity index (χ0v) is 19.2. The molecule has 198 valence electrons. The van der Waals surface area contributed by atoms with E-state index in [0.29, 0.717) is 0 Å². The van der Waals surface area contributed by atoms with Crippen molar-refractivity contribution in [2.45, 2.75) is 56.8 Å². The molecule has 2 aromatic heterocycles. The van der Waals surface area contributed by atoms with Gasteiger partial charge in [0.1, 0.15) is 36.7 Å². The van der Waals surface area contributed by atoms with Crippen LogP contribution in [0.3, 0.4) is 0 Å². The van der Waals surface area contributed by atoms with E-state index in [1.165, 1.54) is 0 Å². The molecule has 5 atom stereocenters. The van der Waals surface area contributed by atoms with Crippen LogP contribution in [0.4, 0.5) is 27.8 Å². The number of likely N-dealkylation sites (tertiary alicyclic amines) is 1. The number of carbonyl (C=O) groups excluding carboxylic acids is 1. The topological polar surface area (TPSA) is 116 Å². The van der Waals surface area contributed by atoms with Gasteiger partial charge in [-0.1, -0.05) is 0 Å². The van der Waals surface area contributed by atoms with Gasteiger partial charge in [0, 0.05) is 17.9 Å². The number of aromatic nitrogens is 4. The number of aliphatic hydroxyl groups excluding tert-OH is 2. The number of aliphatic hydroxyl groups is 2. The first-order valence-electron chi connectivity index (χ1n) is 11.6. The molecule has 14 heteroatoms. The first-order chi connectivity index (χ1) is 17.7. The van der Waals surface area contributed by atoms with Crippen LogP contribution in [0.15, 0.2) is 24.5 Å². The third kappa shape index (κ3) is 4.59. The van der Waals surface area contributed by atoms with Crippen molar-refractivity contribution >= 4 is 22.8 Å². The normalized spacial score (nSPS) is 25.9. The molecule has 0 radical (unpaired) electrons. The summed E-state index contributed by atoms with van der Waals surface area (Å²) in [5, 5.41) is 27.1. The lowest BCUT2D eigenvalue weighted by molar-refractivity contribution is 0.0701. The summed E-state index contributed by atoms with van der Waals surface area (Å²) in [6.07, 6.45) is -4.59. The van der Waals surface area contributed by atoms with Crippen LogP contribution in [0, 0.1) is 17.6 Å². The second kappa shape index (κ2) is 9.82. The first-order valence-corrected chi connectivity index (χ1v) is 11.6. The Morgan fingerprint density at radius 1 is 1.19 bits per heavy atom. The molecule has 1 amide bonds. The molecule has 0 bridgehead atoms. The lowest BCUT2D eigenvalue weighted by atomic mass is 10.0. The van der Waals surface area contributed by atoms with E-state index in [2.05, 4.69) is 20.4 Å². The van der Waals surface area contributed by atoms with E-state index in [9.17, 15) is 37.0 Å². The van der Waals surface area contributed by atoms with Gasteiger partial charge < -0.3 is 20.4 Å². The Morgan fingerprint density at radius 3 is 2.68 bits per heavy atom. The maximum Gasteiger partial charge on any atom is 0.275 e. The highest BCUT2D eigenvalue weighted by Gasteiger charge is 2.41. The van der Waals surface area contributed by atoms with Gasteiger partial charge in [-0.15, -0.1) is 0 Å². The molecule has 1 saturated carbocycles. The molecule has 0 unspecified atom stereocenters. The second-order valence-electron chi connectivity index (χ2n) is 9.27. The molecule has 3 heterocycles. The van der Waals surface area contributed by atoms with Gasteiger partial charge in [0.2, 0.25) is 6.43 Å². The Bertz CT molecular complexity index is 1320. The van der Waals surface area contributed by atoms with Crippen LogP contribution in [0.5, 0.6) is 0 Å². The lowest BCUT2D eigenvalue weighted by Crippen LogP contribution is -2.33. The number of carbonyl (C=O) groups is 1. The molecule has 2 aliphatic rings. The molecule has 9 nitrogen and oxygen atoms in total. The number of anilines is 1. The monoisotopic (exact) mass is 526 g/mol. The fraction of sp³-hybridized carbons (Fsp3) is 0.478. The third-order valence-electron chi connectivity index (χ3n) is 6.94. The van der Waals surface area contributed by atoms with Crippen molar-refractivity contribution in [3.05, 3.63) is 47.4 Å². The number of hydrogen-bond acceptors (Lipinski definition) is 7. The van der Waals surface area contributed by atoms with E-state index in [0.717, 1.165) is 34.1 Å². The van der Waals surface area contributed by atoms with Crippen molar-refractivity contribution in [3.63, 3.8) is 0 Å². The summed E-state index contributed by atoms with van der Waals surface area (Å²) in [6, 6.07) is 0.768. The van der Waals surface area contributed by atoms with Gasteiger partial charge in [-0.05, 0) is 31.0 Å². The van der Waals surface area contributed by atoms with Crippen molar-refractivity contribution in [1.82, 2.24) is 24.6 Å². The Kier molecular flexibility index (Phi) is 6.70. The zero-order valence-electron chi connectivity index (χ0n) is 19.2. The number of benzene rings is 1. The summed E-state index contributed by atoms with van der Waals surface area (Å²) in [4.78, 5) is 22.8. The van der Waals surface area contributed by atoms with Crippen molar-refractivity contribution in [2.24, 2.45) is 5.92 Å². The molecule has 2 fully saturated rings. The maximum absolute atomic E-state index is 14.5. The quantitative estimate of drug-likeness (QED) is 0.423. The van der Waals surface area contributed by atoms with Crippen LogP contribution >= 0.6 is 0 Å². The number of fused-ring (bicyclic) bond motifs is 1. The van der Waals surface area contributed by atoms with Crippen molar-refractivity contribution in [3.8, 4) is 0 Å². The Balaban J connectivity index is 1.54. The van der Waals surface area contributed by atoms with Crippen molar-refractivity contribution in [1.29, 1.82) is 0 Å². The number of rotatable bonds is 6. The molecule has 3 aromatic rings. The molecular weight excluding hydrogens is 503 g/mol. The largest absolute Gasteiger partial charge is 0.391 e. The van der Waals surface area contributed by atoms with E-state index in [-0.39, 0.29) is 47.4 Å². The van der Waals surface area contributed by atoms with E-state index in [1.807, 2.05) is 0 Å². The fourth-order valence-corrected chi connectivity index (χ4v) is 5.17. The van der Waals surface area contributed by atoms with E-state index in [4.69, 9.17) is 0 Å². The Labute approximate surface area is 206 Å². The Hall–Kier alpha value is -3.39. The fourth-order valence-electron chi connectivity index (χ4n) is 5.17. The second-order valence-corrected chi connectivity index (χ2v) is 9.27.